The minimum absolute atomic E-state index is 0.0157. The molecule has 1 aliphatic carbocycles. The number of halogens is 3. The highest BCUT2D eigenvalue weighted by molar-refractivity contribution is 6.31. The fourth-order valence-electron chi connectivity index (χ4n) is 5.74. The Morgan fingerprint density at radius 3 is 2.58 bits per heavy atom. The highest BCUT2D eigenvalue weighted by Gasteiger charge is 2.47. The average molecular weight is 635 g/mol. The standard InChI is InChI=1S/C33H33ClF2N6O3/c1-32(2,3)20-7-6-8-23(15-20)41(28(44)16-24-11-12-27(43)42(24)31-38-14-13-21(19-37)40-31)29(25-9-4-5-10-26(25)34)30(45)39-22-17-33(35,36)18-22/h4-10,13-15,22,24,29H,11-12,16-18H2,1-3H3,(H,39,45)/t24-,29-/m0/s1. The summed E-state index contributed by atoms with van der Waals surface area (Å²) in [5.74, 6) is -4.29. The summed E-state index contributed by atoms with van der Waals surface area (Å²) in [7, 11) is 0. The van der Waals surface area contributed by atoms with Crippen LogP contribution in [0.2, 0.25) is 5.02 Å². The Balaban J connectivity index is 1.57. The lowest BCUT2D eigenvalue weighted by Crippen LogP contribution is -2.54. The summed E-state index contributed by atoms with van der Waals surface area (Å²) in [5.41, 5.74) is 1.39. The molecule has 1 N–H and O–H groups in total. The third-order valence-electron chi connectivity index (χ3n) is 8.11. The summed E-state index contributed by atoms with van der Waals surface area (Å²) in [6.07, 6.45) is 0.631. The van der Waals surface area contributed by atoms with Gasteiger partial charge in [0.15, 0.2) is 0 Å². The Bertz CT molecular complexity index is 1660. The maximum absolute atomic E-state index is 14.5. The first-order valence-corrected chi connectivity index (χ1v) is 15.1. The first kappa shape index (κ1) is 32.0. The van der Waals surface area contributed by atoms with Gasteiger partial charge < -0.3 is 5.32 Å². The molecule has 0 bridgehead atoms. The summed E-state index contributed by atoms with van der Waals surface area (Å²) in [6.45, 7) is 6.06. The fourth-order valence-corrected chi connectivity index (χ4v) is 5.97. The first-order valence-electron chi connectivity index (χ1n) is 14.7. The van der Waals surface area contributed by atoms with E-state index >= 15 is 0 Å². The number of anilines is 2. The Morgan fingerprint density at radius 1 is 1.18 bits per heavy atom. The normalized spacial score (nSPS) is 18.6. The minimum atomic E-state index is -2.86. The van der Waals surface area contributed by atoms with E-state index in [9.17, 15) is 28.4 Å². The number of benzene rings is 2. The lowest BCUT2D eigenvalue weighted by Gasteiger charge is -2.38. The van der Waals surface area contributed by atoms with Crippen molar-refractivity contribution in [2.75, 3.05) is 9.80 Å². The lowest BCUT2D eigenvalue weighted by molar-refractivity contribution is -0.133. The van der Waals surface area contributed by atoms with Crippen molar-refractivity contribution < 1.29 is 23.2 Å². The maximum atomic E-state index is 14.5. The van der Waals surface area contributed by atoms with Crippen LogP contribution in [0.5, 0.6) is 0 Å². The van der Waals surface area contributed by atoms with E-state index in [0.29, 0.717) is 17.7 Å². The van der Waals surface area contributed by atoms with Crippen LogP contribution in [0.3, 0.4) is 0 Å². The number of hydrogen-bond acceptors (Lipinski definition) is 6. The molecule has 2 aromatic carbocycles. The second-order valence-corrected chi connectivity index (χ2v) is 12.9. The monoisotopic (exact) mass is 634 g/mol. The summed E-state index contributed by atoms with van der Waals surface area (Å²) < 4.78 is 27.4. The predicted molar refractivity (Wildman–Crippen MR) is 165 cm³/mol. The Morgan fingerprint density at radius 2 is 1.91 bits per heavy atom. The zero-order valence-corrected chi connectivity index (χ0v) is 25.9. The van der Waals surface area contributed by atoms with E-state index in [1.807, 2.05) is 39.0 Å². The first-order chi connectivity index (χ1) is 21.3. The van der Waals surface area contributed by atoms with E-state index in [4.69, 9.17) is 11.6 Å². The molecule has 12 heteroatoms. The molecule has 1 saturated carbocycles. The van der Waals surface area contributed by atoms with E-state index in [1.54, 1.807) is 36.4 Å². The van der Waals surface area contributed by atoms with Gasteiger partial charge in [-0.25, -0.2) is 18.7 Å². The van der Waals surface area contributed by atoms with Crippen molar-refractivity contribution >= 4 is 41.0 Å². The zero-order chi connectivity index (χ0) is 32.5. The number of amides is 3. The number of rotatable bonds is 8. The summed E-state index contributed by atoms with van der Waals surface area (Å²) in [6, 6.07) is 14.5. The topological polar surface area (TPSA) is 119 Å². The van der Waals surface area contributed by atoms with Crippen LogP contribution in [0.1, 0.15) is 75.7 Å². The molecule has 2 aliphatic rings. The molecule has 0 spiro atoms. The van der Waals surface area contributed by atoms with Gasteiger partial charge in [0, 0.05) is 60.2 Å². The fraction of sp³-hybridized carbons (Fsp3) is 0.394. The van der Waals surface area contributed by atoms with Crippen molar-refractivity contribution in [3.8, 4) is 6.07 Å². The second kappa shape index (κ2) is 12.5. The highest BCUT2D eigenvalue weighted by Crippen LogP contribution is 2.40. The Labute approximate surface area is 265 Å². The number of alkyl halides is 2. The minimum Gasteiger partial charge on any atom is -0.351 e. The van der Waals surface area contributed by atoms with Gasteiger partial charge in [-0.3, -0.25) is 24.2 Å². The van der Waals surface area contributed by atoms with Crippen LogP contribution >= 0.6 is 11.6 Å². The van der Waals surface area contributed by atoms with Gasteiger partial charge in [0.1, 0.15) is 17.8 Å². The van der Waals surface area contributed by atoms with Crippen LogP contribution in [0.25, 0.3) is 0 Å². The van der Waals surface area contributed by atoms with Gasteiger partial charge in [-0.15, -0.1) is 0 Å². The number of hydrogen-bond donors (Lipinski definition) is 1. The molecular formula is C33H33ClF2N6O3. The molecule has 3 aromatic rings. The number of carbonyl (C=O) groups excluding carboxylic acids is 3. The van der Waals surface area contributed by atoms with Crippen molar-refractivity contribution in [2.24, 2.45) is 0 Å². The number of nitrogens with zero attached hydrogens (tertiary/aromatic N) is 5. The van der Waals surface area contributed by atoms with Crippen molar-refractivity contribution in [3.63, 3.8) is 0 Å². The third kappa shape index (κ3) is 6.96. The highest BCUT2D eigenvalue weighted by atomic mass is 35.5. The summed E-state index contributed by atoms with van der Waals surface area (Å²) in [5, 5.41) is 12.3. The Kier molecular flexibility index (Phi) is 8.90. The maximum Gasteiger partial charge on any atom is 0.252 e. The van der Waals surface area contributed by atoms with Gasteiger partial charge in [0.25, 0.3) is 5.92 Å². The number of aromatic nitrogens is 2. The number of nitriles is 1. The van der Waals surface area contributed by atoms with Crippen LogP contribution in [0.15, 0.2) is 60.8 Å². The molecule has 2 atom stereocenters. The molecule has 234 valence electrons. The van der Waals surface area contributed by atoms with E-state index < -0.39 is 48.7 Å². The molecule has 45 heavy (non-hydrogen) atoms. The average Bonchev–Trinajstić information content (AvgIpc) is 3.34. The van der Waals surface area contributed by atoms with Crippen LogP contribution < -0.4 is 15.1 Å². The van der Waals surface area contributed by atoms with E-state index in [0.717, 1.165) is 5.56 Å². The molecule has 9 nitrogen and oxygen atoms in total. The zero-order valence-electron chi connectivity index (χ0n) is 25.1. The largest absolute Gasteiger partial charge is 0.351 e. The molecule has 1 saturated heterocycles. The van der Waals surface area contributed by atoms with Crippen molar-refractivity contribution in [3.05, 3.63) is 82.6 Å². The van der Waals surface area contributed by atoms with Crippen molar-refractivity contribution in [1.29, 1.82) is 5.26 Å². The molecule has 1 aromatic heterocycles. The molecule has 0 unspecified atom stereocenters. The van der Waals surface area contributed by atoms with Crippen molar-refractivity contribution in [2.45, 2.75) is 82.3 Å². The molecule has 1 aliphatic heterocycles. The predicted octanol–water partition coefficient (Wildman–Crippen LogP) is 5.87. The SMILES string of the molecule is CC(C)(C)c1cccc(N(C(=O)C[C@@H]2CCC(=O)N2c2nccc(C#N)n2)[C@H](C(=O)NC2CC(F)(F)C2)c2ccccc2Cl)c1. The van der Waals surface area contributed by atoms with Crippen LogP contribution in [0, 0.1) is 11.3 Å². The van der Waals surface area contributed by atoms with Gasteiger partial charge in [-0.05, 0) is 41.7 Å². The molecule has 2 heterocycles. The van der Waals surface area contributed by atoms with Crippen molar-refractivity contribution in [1.82, 2.24) is 15.3 Å². The Hall–Kier alpha value is -4.43. The van der Waals surface area contributed by atoms with Gasteiger partial charge in [-0.1, -0.05) is 62.7 Å². The van der Waals surface area contributed by atoms with Gasteiger partial charge in [0.2, 0.25) is 23.7 Å². The molecule has 5 rings (SSSR count). The van der Waals surface area contributed by atoms with Crippen LogP contribution in [-0.2, 0) is 19.8 Å². The molecule has 2 fully saturated rings. The molecular weight excluding hydrogens is 602 g/mol. The van der Waals surface area contributed by atoms with Gasteiger partial charge >= 0.3 is 0 Å². The number of carbonyl (C=O) groups is 3. The van der Waals surface area contributed by atoms with Gasteiger partial charge in [0.05, 0.1) is 0 Å². The smallest absolute Gasteiger partial charge is 0.252 e. The summed E-state index contributed by atoms with van der Waals surface area (Å²) >= 11 is 6.62. The van der Waals surface area contributed by atoms with E-state index in [-0.39, 0.29) is 40.8 Å². The van der Waals surface area contributed by atoms with Crippen LogP contribution in [0.4, 0.5) is 20.4 Å². The number of nitrogens with one attached hydrogen (secondary N) is 1. The summed E-state index contributed by atoms with van der Waals surface area (Å²) in [4.78, 5) is 52.5. The molecule has 3 amide bonds. The second-order valence-electron chi connectivity index (χ2n) is 12.5. The third-order valence-corrected chi connectivity index (χ3v) is 8.45. The van der Waals surface area contributed by atoms with Gasteiger partial charge in [-0.2, -0.15) is 5.26 Å². The molecule has 0 radical (unpaired) electrons. The van der Waals surface area contributed by atoms with E-state index in [1.165, 1.54) is 22.1 Å². The lowest BCUT2D eigenvalue weighted by atomic mass is 9.86. The van der Waals surface area contributed by atoms with Crippen LogP contribution in [-0.4, -0.2) is 45.7 Å². The quantitative estimate of drug-likeness (QED) is 0.331. The van der Waals surface area contributed by atoms with E-state index in [2.05, 4.69) is 15.3 Å².